The number of carbonyl (C=O) groups is 1. The van der Waals surface area contributed by atoms with Gasteiger partial charge in [-0.1, -0.05) is 18.2 Å². The summed E-state index contributed by atoms with van der Waals surface area (Å²) in [5, 5.41) is 13.8. The van der Waals surface area contributed by atoms with Crippen molar-refractivity contribution in [1.29, 1.82) is 0 Å². The average Bonchev–Trinajstić information content (AvgIpc) is 3.42. The van der Waals surface area contributed by atoms with E-state index in [9.17, 15) is 23.1 Å². The van der Waals surface area contributed by atoms with Crippen LogP contribution in [-0.2, 0) is 0 Å². The van der Waals surface area contributed by atoms with E-state index in [4.69, 9.17) is 0 Å². The lowest BCUT2D eigenvalue weighted by Crippen LogP contribution is -2.43. The summed E-state index contributed by atoms with van der Waals surface area (Å²) >= 11 is 0. The minimum absolute atomic E-state index is 0.0713. The van der Waals surface area contributed by atoms with Crippen LogP contribution in [0.15, 0.2) is 61.1 Å². The predicted octanol–water partition coefficient (Wildman–Crippen LogP) is 4.91. The van der Waals surface area contributed by atoms with Gasteiger partial charge in [0.2, 0.25) is 0 Å². The molecule has 2 amide bonds. The second-order valence-electron chi connectivity index (χ2n) is 8.93. The highest BCUT2D eigenvalue weighted by Gasteiger charge is 2.34. The summed E-state index contributed by atoms with van der Waals surface area (Å²) in [4.78, 5) is 18.5. The number of imidazole rings is 1. The van der Waals surface area contributed by atoms with Crippen LogP contribution in [0.2, 0.25) is 0 Å². The SMILES string of the molecule is O=C(Nc1ccc(OC(F)(F)F)cc1)N1CCC(C(O)CC2c3ccccc3-n3cncc32)CC1. The number of nitrogens with zero attached hydrogens (tertiary/aromatic N) is 3. The number of piperidine rings is 1. The van der Waals surface area contributed by atoms with Gasteiger partial charge in [0.25, 0.3) is 0 Å². The van der Waals surface area contributed by atoms with Crippen LogP contribution in [0.5, 0.6) is 5.75 Å². The molecule has 3 heterocycles. The van der Waals surface area contributed by atoms with E-state index in [1.54, 1.807) is 11.2 Å². The lowest BCUT2D eigenvalue weighted by Gasteiger charge is -2.35. The van der Waals surface area contributed by atoms with Crippen molar-refractivity contribution in [1.82, 2.24) is 14.5 Å². The van der Waals surface area contributed by atoms with E-state index in [1.165, 1.54) is 17.7 Å². The van der Waals surface area contributed by atoms with Crippen LogP contribution in [-0.4, -0.2) is 51.1 Å². The number of halogens is 3. The summed E-state index contributed by atoms with van der Waals surface area (Å²) < 4.78 is 42.8. The van der Waals surface area contributed by atoms with E-state index in [0.717, 1.165) is 23.5 Å². The van der Waals surface area contributed by atoms with E-state index in [2.05, 4.69) is 31.7 Å². The predicted molar refractivity (Wildman–Crippen MR) is 122 cm³/mol. The third-order valence-electron chi connectivity index (χ3n) is 6.78. The Labute approximate surface area is 200 Å². The third kappa shape index (κ3) is 4.97. The molecule has 2 aromatic carbocycles. The summed E-state index contributed by atoms with van der Waals surface area (Å²) in [5.74, 6) is -0.199. The number of aliphatic hydroxyl groups excluding tert-OH is 1. The molecule has 1 saturated heterocycles. The van der Waals surface area contributed by atoms with Gasteiger partial charge in [-0.2, -0.15) is 0 Å². The number of amides is 2. The molecule has 2 aliphatic heterocycles. The largest absolute Gasteiger partial charge is 0.573 e. The summed E-state index contributed by atoms with van der Waals surface area (Å²) in [5.41, 5.74) is 3.74. The zero-order valence-electron chi connectivity index (χ0n) is 18.8. The molecule has 0 saturated carbocycles. The number of alkyl halides is 3. The Hall–Kier alpha value is -3.53. The number of fused-ring (bicyclic) bond motifs is 3. The highest BCUT2D eigenvalue weighted by Crippen LogP contribution is 2.41. The molecule has 2 N–H and O–H groups in total. The lowest BCUT2D eigenvalue weighted by atomic mass is 9.83. The molecule has 184 valence electrons. The number of hydrogen-bond donors (Lipinski definition) is 2. The molecular weight excluding hydrogens is 461 g/mol. The number of carbonyl (C=O) groups excluding carboxylic acids is 1. The van der Waals surface area contributed by atoms with Gasteiger partial charge in [-0.25, -0.2) is 9.78 Å². The molecular formula is C25H25F3N4O3. The zero-order valence-corrected chi connectivity index (χ0v) is 18.8. The van der Waals surface area contributed by atoms with Gasteiger partial charge in [0, 0.05) is 30.9 Å². The summed E-state index contributed by atoms with van der Waals surface area (Å²) in [7, 11) is 0. The van der Waals surface area contributed by atoms with E-state index in [0.29, 0.717) is 38.0 Å². The topological polar surface area (TPSA) is 79.6 Å². The number of likely N-dealkylation sites (tertiary alicyclic amines) is 1. The van der Waals surface area contributed by atoms with Gasteiger partial charge in [0.05, 0.1) is 23.8 Å². The second-order valence-corrected chi connectivity index (χ2v) is 8.93. The highest BCUT2D eigenvalue weighted by atomic mass is 19.4. The smallest absolute Gasteiger partial charge is 0.406 e. The minimum atomic E-state index is -4.76. The molecule has 2 atom stereocenters. The van der Waals surface area contributed by atoms with Gasteiger partial charge in [0.15, 0.2) is 0 Å². The van der Waals surface area contributed by atoms with Crippen LogP contribution in [0.1, 0.15) is 36.4 Å². The van der Waals surface area contributed by atoms with Crippen molar-refractivity contribution >= 4 is 11.7 Å². The maximum Gasteiger partial charge on any atom is 0.573 e. The first-order chi connectivity index (χ1) is 16.8. The molecule has 35 heavy (non-hydrogen) atoms. The van der Waals surface area contributed by atoms with Gasteiger partial charge in [-0.15, -0.1) is 13.2 Å². The zero-order chi connectivity index (χ0) is 24.6. The summed E-state index contributed by atoms with van der Waals surface area (Å²) in [6, 6.07) is 12.8. The first-order valence-electron chi connectivity index (χ1n) is 11.5. The van der Waals surface area contributed by atoms with Crippen LogP contribution in [0.3, 0.4) is 0 Å². The van der Waals surface area contributed by atoms with E-state index >= 15 is 0 Å². The van der Waals surface area contributed by atoms with Crippen molar-refractivity contribution in [2.24, 2.45) is 5.92 Å². The molecule has 1 aromatic heterocycles. The molecule has 1 fully saturated rings. The van der Waals surface area contributed by atoms with Crippen LogP contribution in [0, 0.1) is 5.92 Å². The van der Waals surface area contributed by atoms with Crippen LogP contribution >= 0.6 is 0 Å². The maximum atomic E-state index is 12.6. The number of para-hydroxylation sites is 1. The Bertz CT molecular complexity index is 1190. The summed E-state index contributed by atoms with van der Waals surface area (Å²) in [6.45, 7) is 0.976. The molecule has 2 unspecified atom stereocenters. The van der Waals surface area contributed by atoms with E-state index < -0.39 is 12.5 Å². The van der Waals surface area contributed by atoms with E-state index in [-0.39, 0.29) is 23.6 Å². The maximum absolute atomic E-state index is 12.6. The lowest BCUT2D eigenvalue weighted by molar-refractivity contribution is -0.274. The Morgan fingerprint density at radius 1 is 1.14 bits per heavy atom. The molecule has 0 aliphatic carbocycles. The van der Waals surface area contributed by atoms with Crippen molar-refractivity contribution in [3.8, 4) is 11.4 Å². The van der Waals surface area contributed by atoms with Gasteiger partial charge >= 0.3 is 12.4 Å². The molecule has 3 aromatic rings. The second kappa shape index (κ2) is 9.26. The normalized spacial score (nSPS) is 18.6. The fourth-order valence-corrected chi connectivity index (χ4v) is 5.04. The first-order valence-corrected chi connectivity index (χ1v) is 11.5. The van der Waals surface area contributed by atoms with Gasteiger partial charge in [0.1, 0.15) is 5.75 Å². The number of hydrogen-bond acceptors (Lipinski definition) is 4. The Morgan fingerprint density at radius 3 is 2.57 bits per heavy atom. The number of aromatic nitrogens is 2. The molecule has 10 heteroatoms. The molecule has 0 spiro atoms. The third-order valence-corrected chi connectivity index (χ3v) is 6.78. The number of anilines is 1. The highest BCUT2D eigenvalue weighted by molar-refractivity contribution is 5.89. The number of rotatable bonds is 5. The van der Waals surface area contributed by atoms with Gasteiger partial charge in [-0.3, -0.25) is 0 Å². The van der Waals surface area contributed by atoms with Gasteiger partial charge < -0.3 is 24.6 Å². The van der Waals surface area contributed by atoms with Crippen molar-refractivity contribution in [3.05, 3.63) is 72.3 Å². The molecule has 7 nitrogen and oxygen atoms in total. The molecule has 0 radical (unpaired) electrons. The molecule has 2 aliphatic rings. The Kier molecular flexibility index (Phi) is 6.14. The van der Waals surface area contributed by atoms with Crippen molar-refractivity contribution in [2.75, 3.05) is 18.4 Å². The van der Waals surface area contributed by atoms with Crippen molar-refractivity contribution in [3.63, 3.8) is 0 Å². The van der Waals surface area contributed by atoms with Crippen molar-refractivity contribution in [2.45, 2.75) is 37.6 Å². The van der Waals surface area contributed by atoms with Crippen molar-refractivity contribution < 1.29 is 27.8 Å². The number of urea groups is 1. The van der Waals surface area contributed by atoms with E-state index in [1.807, 2.05) is 18.3 Å². The quantitative estimate of drug-likeness (QED) is 0.537. The Balaban J connectivity index is 1.14. The minimum Gasteiger partial charge on any atom is -0.406 e. The van der Waals surface area contributed by atoms with Crippen LogP contribution in [0.4, 0.5) is 23.7 Å². The number of benzene rings is 2. The number of nitrogens with one attached hydrogen (secondary N) is 1. The van der Waals surface area contributed by atoms with Crippen LogP contribution in [0.25, 0.3) is 5.69 Å². The van der Waals surface area contributed by atoms with Crippen LogP contribution < -0.4 is 10.1 Å². The molecule has 5 rings (SSSR count). The Morgan fingerprint density at radius 2 is 1.86 bits per heavy atom. The van der Waals surface area contributed by atoms with Gasteiger partial charge in [-0.05, 0) is 61.1 Å². The first kappa shape index (κ1) is 23.2. The molecule has 0 bridgehead atoms. The standard InChI is InChI=1S/C25H25F3N4O3/c26-25(27,28)35-18-7-5-17(6-8-18)30-24(34)31-11-9-16(10-12-31)23(33)13-20-19-3-1-2-4-21(19)32-15-29-14-22(20)32/h1-8,14-16,20,23,33H,9-13H2,(H,30,34). The monoisotopic (exact) mass is 486 g/mol. The number of ether oxygens (including phenoxy) is 1. The fourth-order valence-electron chi connectivity index (χ4n) is 5.04. The average molecular weight is 486 g/mol. The summed E-state index contributed by atoms with van der Waals surface area (Å²) in [6.07, 6.45) is 0.302. The fraction of sp³-hybridized carbons (Fsp3) is 0.360. The number of aliphatic hydroxyl groups is 1.